The van der Waals surface area contributed by atoms with Crippen molar-refractivity contribution in [2.45, 2.75) is 96.7 Å². The van der Waals surface area contributed by atoms with Crippen LogP contribution in [0.5, 0.6) is 0 Å². The zero-order valence-corrected chi connectivity index (χ0v) is 19.8. The van der Waals surface area contributed by atoms with Crippen molar-refractivity contribution in [3.63, 3.8) is 0 Å². The van der Waals surface area contributed by atoms with E-state index in [9.17, 15) is 14.7 Å². The van der Waals surface area contributed by atoms with Gasteiger partial charge in [0.1, 0.15) is 6.10 Å². The molecule has 0 radical (unpaired) electrons. The fraction of sp³-hybridized carbons (Fsp3) is 0.800. The number of hydrogen-bond donors (Lipinski definition) is 2. The predicted octanol–water partition coefficient (Wildman–Crippen LogP) is 2.31. The van der Waals surface area contributed by atoms with E-state index in [0.29, 0.717) is 5.56 Å². The lowest BCUT2D eigenvalue weighted by Gasteiger charge is -2.42. The Labute approximate surface area is 173 Å². The molecule has 0 aliphatic carbocycles. The van der Waals surface area contributed by atoms with Gasteiger partial charge in [-0.05, 0) is 38.9 Å². The molecular weight excluding hydrogens is 392 g/mol. The number of aromatic nitrogens is 2. The van der Waals surface area contributed by atoms with Crippen molar-refractivity contribution in [1.29, 1.82) is 0 Å². The molecular formula is C20H36N2O6Si. The van der Waals surface area contributed by atoms with Gasteiger partial charge in [-0.25, -0.2) is 4.79 Å². The highest BCUT2D eigenvalue weighted by atomic mass is 28.4. The third kappa shape index (κ3) is 5.67. The van der Waals surface area contributed by atoms with Gasteiger partial charge in [-0.2, -0.15) is 0 Å². The summed E-state index contributed by atoms with van der Waals surface area (Å²) in [7, 11) is -2.00. The van der Waals surface area contributed by atoms with E-state index in [1.807, 2.05) is 13.8 Å². The standard InChI is InChI=1S/C20H36N2O6Si/c1-12(2)27-18-14(22-10-13(3)17(24)21-19(22)25)9-15(23)16(28-18)11-26-29(7,8)20(4,5)6/h10,12,14-16,18,23H,9,11H2,1-8H3,(H,21,24,25). The molecule has 1 saturated heterocycles. The molecule has 0 amide bonds. The molecule has 1 aromatic heterocycles. The number of rotatable bonds is 6. The largest absolute Gasteiger partial charge is 0.414 e. The Morgan fingerprint density at radius 3 is 2.52 bits per heavy atom. The molecule has 0 bridgehead atoms. The Balaban J connectivity index is 2.25. The summed E-state index contributed by atoms with van der Waals surface area (Å²) in [6.07, 6.45) is -0.507. The summed E-state index contributed by atoms with van der Waals surface area (Å²) >= 11 is 0. The SMILES string of the molecule is Cc1cn(C2CC(O)C(CO[Si](C)(C)C(C)(C)C)OC2OC(C)C)c(=O)[nH]c1=O. The van der Waals surface area contributed by atoms with E-state index < -0.39 is 44.1 Å². The molecule has 1 aliphatic rings. The Morgan fingerprint density at radius 1 is 1.34 bits per heavy atom. The van der Waals surface area contributed by atoms with Crippen molar-refractivity contribution >= 4 is 8.32 Å². The molecule has 2 heterocycles. The van der Waals surface area contributed by atoms with Crippen molar-refractivity contribution in [2.75, 3.05) is 6.61 Å². The second-order valence-electron chi connectivity index (χ2n) is 9.65. The average molecular weight is 429 g/mol. The summed E-state index contributed by atoms with van der Waals surface area (Å²) in [5, 5.41) is 10.8. The Bertz CT molecular complexity index is 810. The number of aryl methyl sites for hydroxylation is 1. The predicted molar refractivity (Wildman–Crippen MR) is 114 cm³/mol. The van der Waals surface area contributed by atoms with Gasteiger partial charge in [0.05, 0.1) is 24.9 Å². The molecule has 4 atom stereocenters. The minimum Gasteiger partial charge on any atom is -0.414 e. The lowest BCUT2D eigenvalue weighted by molar-refractivity contribution is -0.260. The van der Waals surface area contributed by atoms with Gasteiger partial charge in [0, 0.05) is 18.2 Å². The lowest BCUT2D eigenvalue weighted by Crippen LogP contribution is -2.53. The fourth-order valence-corrected chi connectivity index (χ4v) is 4.00. The summed E-state index contributed by atoms with van der Waals surface area (Å²) < 4.78 is 19.6. The van der Waals surface area contributed by atoms with Crippen LogP contribution < -0.4 is 11.2 Å². The monoisotopic (exact) mass is 428 g/mol. The number of aliphatic hydroxyl groups excluding tert-OH is 1. The first-order chi connectivity index (χ1) is 13.2. The van der Waals surface area contributed by atoms with Gasteiger partial charge in [0.15, 0.2) is 14.6 Å². The summed E-state index contributed by atoms with van der Waals surface area (Å²) in [6, 6.07) is -0.556. The molecule has 9 heteroatoms. The van der Waals surface area contributed by atoms with Gasteiger partial charge >= 0.3 is 5.69 Å². The molecule has 166 valence electrons. The maximum atomic E-state index is 12.4. The lowest BCUT2D eigenvalue weighted by atomic mass is 10.00. The molecule has 0 aromatic carbocycles. The summed E-state index contributed by atoms with van der Waals surface area (Å²) in [5.74, 6) is 0. The van der Waals surface area contributed by atoms with E-state index in [0.717, 1.165) is 0 Å². The van der Waals surface area contributed by atoms with Gasteiger partial charge in [0.2, 0.25) is 0 Å². The first-order valence-electron chi connectivity index (χ1n) is 10.2. The van der Waals surface area contributed by atoms with Crippen LogP contribution in [-0.4, -0.2) is 54.2 Å². The van der Waals surface area contributed by atoms with Crippen LogP contribution in [0.25, 0.3) is 0 Å². The second-order valence-corrected chi connectivity index (χ2v) is 14.5. The molecule has 0 spiro atoms. The van der Waals surface area contributed by atoms with Gasteiger partial charge in [-0.15, -0.1) is 0 Å². The zero-order valence-electron chi connectivity index (χ0n) is 18.8. The van der Waals surface area contributed by atoms with Crippen molar-refractivity contribution in [2.24, 2.45) is 0 Å². The van der Waals surface area contributed by atoms with E-state index in [4.69, 9.17) is 13.9 Å². The number of aromatic amines is 1. The van der Waals surface area contributed by atoms with Crippen LogP contribution in [0.3, 0.4) is 0 Å². The van der Waals surface area contributed by atoms with Crippen LogP contribution in [0.1, 0.15) is 52.6 Å². The maximum Gasteiger partial charge on any atom is 0.328 e. The van der Waals surface area contributed by atoms with Crippen LogP contribution in [0.2, 0.25) is 18.1 Å². The average Bonchev–Trinajstić information content (AvgIpc) is 2.57. The van der Waals surface area contributed by atoms with Crippen molar-refractivity contribution < 1.29 is 19.0 Å². The highest BCUT2D eigenvalue weighted by Gasteiger charge is 2.43. The maximum absolute atomic E-state index is 12.4. The van der Waals surface area contributed by atoms with Gasteiger partial charge in [-0.1, -0.05) is 20.8 Å². The number of nitrogens with one attached hydrogen (secondary N) is 1. The smallest absolute Gasteiger partial charge is 0.328 e. The quantitative estimate of drug-likeness (QED) is 0.674. The van der Waals surface area contributed by atoms with E-state index in [-0.39, 0.29) is 24.2 Å². The van der Waals surface area contributed by atoms with Crippen LogP contribution in [0.15, 0.2) is 15.8 Å². The number of ether oxygens (including phenoxy) is 2. The minimum absolute atomic E-state index is 0.0454. The Hall–Kier alpha value is -1.26. The van der Waals surface area contributed by atoms with E-state index in [1.54, 1.807) is 6.92 Å². The molecule has 2 rings (SSSR count). The van der Waals surface area contributed by atoms with Gasteiger partial charge < -0.3 is 19.0 Å². The second kappa shape index (κ2) is 8.85. The highest BCUT2D eigenvalue weighted by molar-refractivity contribution is 6.74. The Kier molecular flexibility index (Phi) is 7.33. The number of aliphatic hydroxyl groups is 1. The van der Waals surface area contributed by atoms with Crippen molar-refractivity contribution in [3.8, 4) is 0 Å². The molecule has 1 aromatic rings. The number of hydrogen-bond acceptors (Lipinski definition) is 6. The van der Waals surface area contributed by atoms with Crippen molar-refractivity contribution in [3.05, 3.63) is 32.6 Å². The van der Waals surface area contributed by atoms with E-state index in [2.05, 4.69) is 38.8 Å². The zero-order chi connectivity index (χ0) is 22.1. The number of nitrogens with zero attached hydrogens (tertiary/aromatic N) is 1. The topological polar surface area (TPSA) is 103 Å². The highest BCUT2D eigenvalue weighted by Crippen LogP contribution is 2.37. The third-order valence-electron chi connectivity index (χ3n) is 5.86. The summed E-state index contributed by atoms with van der Waals surface area (Å²) in [5.41, 5.74) is -0.564. The van der Waals surface area contributed by atoms with E-state index in [1.165, 1.54) is 10.8 Å². The molecule has 8 nitrogen and oxygen atoms in total. The van der Waals surface area contributed by atoms with Crippen LogP contribution in [0.4, 0.5) is 0 Å². The Morgan fingerprint density at radius 2 is 1.97 bits per heavy atom. The van der Waals surface area contributed by atoms with Gasteiger partial charge in [-0.3, -0.25) is 14.3 Å². The van der Waals surface area contributed by atoms with Crippen LogP contribution >= 0.6 is 0 Å². The molecule has 4 unspecified atom stereocenters. The minimum atomic E-state index is -2.00. The van der Waals surface area contributed by atoms with E-state index >= 15 is 0 Å². The van der Waals surface area contributed by atoms with Crippen molar-refractivity contribution in [1.82, 2.24) is 9.55 Å². The molecule has 29 heavy (non-hydrogen) atoms. The normalized spacial score (nSPS) is 26.1. The van der Waals surface area contributed by atoms with Crippen LogP contribution in [-0.2, 0) is 13.9 Å². The van der Waals surface area contributed by atoms with Gasteiger partial charge in [0.25, 0.3) is 5.56 Å². The fourth-order valence-electron chi connectivity index (χ4n) is 2.99. The molecule has 2 N–H and O–H groups in total. The first-order valence-corrected chi connectivity index (χ1v) is 13.1. The molecule has 1 fully saturated rings. The molecule has 1 aliphatic heterocycles. The summed E-state index contributed by atoms with van der Waals surface area (Å²) in [6.45, 7) is 16.4. The van der Waals surface area contributed by atoms with Crippen LogP contribution in [0, 0.1) is 6.92 Å². The third-order valence-corrected chi connectivity index (χ3v) is 10.4. The first kappa shape index (κ1) is 24.0. The number of H-pyrrole nitrogens is 1. The molecule has 0 saturated carbocycles. The summed E-state index contributed by atoms with van der Waals surface area (Å²) in [4.78, 5) is 26.4.